The molecule has 3 aromatic rings. The van der Waals surface area contributed by atoms with Crippen LogP contribution in [0, 0.1) is 17.6 Å². The summed E-state index contributed by atoms with van der Waals surface area (Å²) in [5.74, 6) is 0.0201. The average Bonchev–Trinajstić information content (AvgIpc) is 3.34. The largest absolute Gasteiger partial charge is 0.493 e. The van der Waals surface area contributed by atoms with Gasteiger partial charge >= 0.3 is 0 Å². The minimum absolute atomic E-state index is 0.0769. The molecule has 0 unspecified atom stereocenters. The zero-order chi connectivity index (χ0) is 26.8. The lowest BCUT2D eigenvalue weighted by molar-refractivity contribution is 0.0680. The van der Waals surface area contributed by atoms with Gasteiger partial charge in [0.25, 0.3) is 5.91 Å². The Morgan fingerprint density at radius 3 is 2.11 bits per heavy atom. The van der Waals surface area contributed by atoms with E-state index in [2.05, 4.69) is 0 Å². The summed E-state index contributed by atoms with van der Waals surface area (Å²) in [7, 11) is 4.48. The third-order valence-electron chi connectivity index (χ3n) is 7.04. The molecule has 3 aromatic carbocycles. The summed E-state index contributed by atoms with van der Waals surface area (Å²) in [4.78, 5) is 14.0. The number of carbonyl (C=O) groups excluding carboxylic acids is 1. The monoisotopic (exact) mass is 518 g/mol. The predicted molar refractivity (Wildman–Crippen MR) is 141 cm³/mol. The van der Waals surface area contributed by atoms with E-state index in [4.69, 9.17) is 19.3 Å². The second kappa shape index (κ2) is 10.7. The van der Waals surface area contributed by atoms with Crippen molar-refractivity contribution in [2.45, 2.75) is 25.3 Å². The lowest BCUT2D eigenvalue weighted by atomic mass is 9.77. The van der Waals surface area contributed by atoms with Gasteiger partial charge in [-0.05, 0) is 78.4 Å². The zero-order valence-corrected chi connectivity index (χ0v) is 21.4. The molecule has 1 aliphatic carbocycles. The number of rotatable bonds is 6. The molecule has 2 atom stereocenters. The van der Waals surface area contributed by atoms with Crippen molar-refractivity contribution in [3.05, 3.63) is 94.6 Å². The normalized spacial score (nSPS) is 19.7. The van der Waals surface area contributed by atoms with E-state index < -0.39 is 6.04 Å². The Balaban J connectivity index is 1.60. The first-order chi connectivity index (χ1) is 18.4. The van der Waals surface area contributed by atoms with Crippen LogP contribution in [0.25, 0.3) is 6.08 Å². The van der Waals surface area contributed by atoms with Crippen molar-refractivity contribution in [2.24, 2.45) is 11.0 Å². The molecule has 38 heavy (non-hydrogen) atoms. The van der Waals surface area contributed by atoms with Gasteiger partial charge in [-0.3, -0.25) is 4.79 Å². The van der Waals surface area contributed by atoms with E-state index in [0.29, 0.717) is 22.8 Å². The number of ether oxygens (including phenoxy) is 3. The molecule has 2 aliphatic rings. The maximum atomic E-state index is 14.0. The number of benzene rings is 3. The molecule has 0 saturated heterocycles. The Labute approximate surface area is 220 Å². The molecular weight excluding hydrogens is 490 g/mol. The van der Waals surface area contributed by atoms with Gasteiger partial charge in [-0.2, -0.15) is 5.10 Å². The highest BCUT2D eigenvalue weighted by Gasteiger charge is 2.44. The maximum Gasteiger partial charge on any atom is 0.274 e. The molecule has 0 N–H and O–H groups in total. The Morgan fingerprint density at radius 1 is 0.921 bits per heavy atom. The molecular formula is C30H28F2N2O4. The van der Waals surface area contributed by atoms with E-state index in [1.165, 1.54) is 50.6 Å². The van der Waals surface area contributed by atoms with Gasteiger partial charge in [-0.25, -0.2) is 13.8 Å². The Morgan fingerprint density at radius 2 is 1.53 bits per heavy atom. The first-order valence-electron chi connectivity index (χ1n) is 12.4. The van der Waals surface area contributed by atoms with Crippen LogP contribution in [-0.2, 0) is 0 Å². The third-order valence-corrected chi connectivity index (χ3v) is 7.04. The van der Waals surface area contributed by atoms with Crippen molar-refractivity contribution in [3.8, 4) is 17.2 Å². The maximum absolute atomic E-state index is 14.0. The van der Waals surface area contributed by atoms with Gasteiger partial charge in [-0.1, -0.05) is 24.3 Å². The highest BCUT2D eigenvalue weighted by molar-refractivity contribution is 6.09. The first kappa shape index (κ1) is 25.4. The van der Waals surface area contributed by atoms with Gasteiger partial charge < -0.3 is 14.2 Å². The van der Waals surface area contributed by atoms with Gasteiger partial charge in [0.1, 0.15) is 11.6 Å². The van der Waals surface area contributed by atoms with Crippen molar-refractivity contribution < 1.29 is 27.8 Å². The topological polar surface area (TPSA) is 60.4 Å². The van der Waals surface area contributed by atoms with E-state index in [1.807, 2.05) is 6.08 Å². The Hall–Kier alpha value is -4.20. The highest BCUT2D eigenvalue weighted by Crippen LogP contribution is 2.46. The minimum atomic E-state index is -0.422. The quantitative estimate of drug-likeness (QED) is 0.378. The molecule has 8 heteroatoms. The van der Waals surface area contributed by atoms with Gasteiger partial charge in [0.2, 0.25) is 5.75 Å². The lowest BCUT2D eigenvalue weighted by Crippen LogP contribution is -2.32. The second-order valence-electron chi connectivity index (χ2n) is 9.27. The van der Waals surface area contributed by atoms with Crippen LogP contribution in [0.1, 0.15) is 46.8 Å². The number of fused-ring (bicyclic) bond motifs is 1. The fourth-order valence-electron chi connectivity index (χ4n) is 5.26. The van der Waals surface area contributed by atoms with Crippen LogP contribution in [0.15, 0.2) is 71.3 Å². The van der Waals surface area contributed by atoms with Gasteiger partial charge in [-0.15, -0.1) is 0 Å². The molecule has 196 valence electrons. The highest BCUT2D eigenvalue weighted by atomic mass is 19.1. The number of methoxy groups -OCH3 is 3. The number of carbonyl (C=O) groups is 1. The average molecular weight is 519 g/mol. The summed E-state index contributed by atoms with van der Waals surface area (Å²) in [5.41, 5.74) is 3.78. The number of hydrogen-bond donors (Lipinski definition) is 0. The lowest BCUT2D eigenvalue weighted by Gasteiger charge is -2.30. The second-order valence-corrected chi connectivity index (χ2v) is 9.27. The minimum Gasteiger partial charge on any atom is -0.493 e. The standard InChI is InChI=1S/C30H28F2N2O4/c1-36-25-16-21(17-26(37-2)29(25)38-3)30(35)34-28(19-9-13-23(32)14-10-19)24-6-4-5-20(27(24)33-34)15-18-7-11-22(31)12-8-18/h7-17,24,28H,4-6H2,1-3H3/b20-15+/t24-,28+/m0/s1. The van der Waals surface area contributed by atoms with Crippen molar-refractivity contribution in [1.29, 1.82) is 0 Å². The van der Waals surface area contributed by atoms with E-state index in [9.17, 15) is 13.6 Å². The summed E-state index contributed by atoms with van der Waals surface area (Å²) in [6, 6.07) is 15.3. The molecule has 5 rings (SSSR count). The van der Waals surface area contributed by atoms with Crippen LogP contribution in [-0.4, -0.2) is 38.0 Å². The Bertz CT molecular complexity index is 1380. The van der Waals surface area contributed by atoms with E-state index in [-0.39, 0.29) is 23.5 Å². The molecule has 0 radical (unpaired) electrons. The van der Waals surface area contributed by atoms with Gasteiger partial charge in [0, 0.05) is 11.5 Å². The third kappa shape index (κ3) is 4.74. The number of amides is 1. The van der Waals surface area contributed by atoms with Crippen LogP contribution in [0.5, 0.6) is 17.2 Å². The van der Waals surface area contributed by atoms with Crippen molar-refractivity contribution in [2.75, 3.05) is 21.3 Å². The molecule has 1 heterocycles. The van der Waals surface area contributed by atoms with Crippen LogP contribution in [0.3, 0.4) is 0 Å². The molecule has 6 nitrogen and oxygen atoms in total. The van der Waals surface area contributed by atoms with E-state index in [0.717, 1.165) is 41.7 Å². The predicted octanol–water partition coefficient (Wildman–Crippen LogP) is 6.43. The Kier molecular flexibility index (Phi) is 7.13. The van der Waals surface area contributed by atoms with Crippen LogP contribution >= 0.6 is 0 Å². The number of halogens is 2. The molecule has 0 spiro atoms. The van der Waals surface area contributed by atoms with Gasteiger partial charge in [0.05, 0.1) is 33.1 Å². The summed E-state index contributed by atoms with van der Waals surface area (Å²) in [6.45, 7) is 0. The first-order valence-corrected chi connectivity index (χ1v) is 12.4. The molecule has 1 aliphatic heterocycles. The zero-order valence-electron chi connectivity index (χ0n) is 21.4. The van der Waals surface area contributed by atoms with Crippen molar-refractivity contribution in [3.63, 3.8) is 0 Å². The van der Waals surface area contributed by atoms with Crippen LogP contribution in [0.4, 0.5) is 8.78 Å². The molecule has 0 bridgehead atoms. The van der Waals surface area contributed by atoms with Crippen LogP contribution < -0.4 is 14.2 Å². The number of allylic oxidation sites excluding steroid dienone is 1. The summed E-state index contributed by atoms with van der Waals surface area (Å²) in [5, 5.41) is 6.35. The number of nitrogens with zero attached hydrogens (tertiary/aromatic N) is 2. The fourth-order valence-corrected chi connectivity index (χ4v) is 5.26. The summed E-state index contributed by atoms with van der Waals surface area (Å²) >= 11 is 0. The molecule has 1 amide bonds. The molecule has 1 saturated carbocycles. The molecule has 0 aromatic heterocycles. The summed E-state index contributed by atoms with van der Waals surface area (Å²) in [6.07, 6.45) is 4.51. The SMILES string of the molecule is COc1cc(C(=O)N2N=C3/C(=C/c4ccc(F)cc4)CCC[C@@H]3[C@H]2c2ccc(F)cc2)cc(OC)c1OC. The fraction of sp³-hybridized carbons (Fsp3) is 0.267. The van der Waals surface area contributed by atoms with E-state index >= 15 is 0 Å². The van der Waals surface area contributed by atoms with Crippen molar-refractivity contribution in [1.82, 2.24) is 5.01 Å². The molecule has 1 fully saturated rings. The number of hydrazone groups is 1. The van der Waals surface area contributed by atoms with Crippen molar-refractivity contribution >= 4 is 17.7 Å². The van der Waals surface area contributed by atoms with E-state index in [1.54, 1.807) is 36.4 Å². The van der Waals surface area contributed by atoms with Gasteiger partial charge in [0.15, 0.2) is 11.5 Å². The van der Waals surface area contributed by atoms with Crippen LogP contribution in [0.2, 0.25) is 0 Å². The number of hydrogen-bond acceptors (Lipinski definition) is 5. The smallest absolute Gasteiger partial charge is 0.274 e. The summed E-state index contributed by atoms with van der Waals surface area (Å²) < 4.78 is 43.6.